The molecule has 29 heavy (non-hydrogen) atoms. The molecule has 4 amide bonds. The number of hydrogen-bond donors (Lipinski definition) is 1. The van der Waals surface area contributed by atoms with E-state index in [1.165, 1.54) is 17.4 Å². The minimum Gasteiger partial charge on any atom is -0.467 e. The van der Waals surface area contributed by atoms with E-state index >= 15 is 0 Å². The van der Waals surface area contributed by atoms with Crippen LogP contribution in [-0.2, 0) is 21.7 Å². The molecule has 1 N–H and O–H groups in total. The highest BCUT2D eigenvalue weighted by Gasteiger charge is 2.51. The van der Waals surface area contributed by atoms with Gasteiger partial charge in [-0.05, 0) is 43.3 Å². The van der Waals surface area contributed by atoms with Gasteiger partial charge in [0.1, 0.15) is 18.1 Å². The molecular weight excluding hydrogens is 374 g/mol. The number of furan rings is 2. The number of amides is 4. The van der Waals surface area contributed by atoms with Crippen LogP contribution in [0, 0.1) is 0 Å². The fraction of sp³-hybridized carbons (Fsp3) is 0.190. The summed E-state index contributed by atoms with van der Waals surface area (Å²) in [7, 11) is 0. The van der Waals surface area contributed by atoms with E-state index in [9.17, 15) is 14.4 Å². The highest BCUT2D eigenvalue weighted by atomic mass is 16.3. The first kappa shape index (κ1) is 18.5. The molecule has 3 heterocycles. The van der Waals surface area contributed by atoms with Crippen molar-refractivity contribution in [2.45, 2.75) is 19.0 Å². The van der Waals surface area contributed by atoms with Gasteiger partial charge < -0.3 is 19.1 Å². The highest BCUT2D eigenvalue weighted by Crippen LogP contribution is 2.29. The molecule has 0 aliphatic carbocycles. The standard InChI is InChI=1S/C21H19N3O5/c1-21(17-10-6-12-29-17)19(26)24(20(27)22-21)14-18(25)23(13-16-9-5-11-28-16)15-7-3-2-4-8-15/h2-12H,13-14H2,1H3,(H,22,27). The van der Waals surface area contributed by atoms with Gasteiger partial charge in [0, 0.05) is 5.69 Å². The lowest BCUT2D eigenvalue weighted by atomic mass is 9.99. The number of carbonyl (C=O) groups is 3. The molecule has 8 heteroatoms. The van der Waals surface area contributed by atoms with Gasteiger partial charge in [0.25, 0.3) is 5.91 Å². The third kappa shape index (κ3) is 3.40. The summed E-state index contributed by atoms with van der Waals surface area (Å²) in [5, 5.41) is 2.62. The molecule has 1 aromatic carbocycles. The van der Waals surface area contributed by atoms with E-state index < -0.39 is 29.9 Å². The monoisotopic (exact) mass is 393 g/mol. The number of para-hydroxylation sites is 1. The van der Waals surface area contributed by atoms with Crippen molar-refractivity contribution in [3.63, 3.8) is 0 Å². The first-order valence-electron chi connectivity index (χ1n) is 9.05. The zero-order valence-electron chi connectivity index (χ0n) is 15.7. The molecule has 1 atom stereocenters. The summed E-state index contributed by atoms with van der Waals surface area (Å²) in [6, 6.07) is 15.1. The van der Waals surface area contributed by atoms with Crippen molar-refractivity contribution in [1.82, 2.24) is 10.2 Å². The second kappa shape index (κ2) is 7.31. The molecule has 1 aliphatic rings. The molecular formula is C21H19N3O5. The van der Waals surface area contributed by atoms with E-state index in [4.69, 9.17) is 8.83 Å². The van der Waals surface area contributed by atoms with Gasteiger partial charge in [0.15, 0.2) is 5.54 Å². The average molecular weight is 393 g/mol. The number of anilines is 1. The van der Waals surface area contributed by atoms with E-state index in [0.717, 1.165) is 4.90 Å². The maximum Gasteiger partial charge on any atom is 0.325 e. The van der Waals surface area contributed by atoms with Crippen LogP contribution in [0.5, 0.6) is 0 Å². The number of nitrogens with one attached hydrogen (secondary N) is 1. The molecule has 1 unspecified atom stereocenters. The Kier molecular flexibility index (Phi) is 4.67. The van der Waals surface area contributed by atoms with Crippen LogP contribution in [-0.4, -0.2) is 29.3 Å². The Balaban J connectivity index is 1.57. The van der Waals surface area contributed by atoms with Gasteiger partial charge in [-0.1, -0.05) is 18.2 Å². The minimum atomic E-state index is -1.35. The number of imide groups is 1. The van der Waals surface area contributed by atoms with Gasteiger partial charge in [0.05, 0.1) is 19.1 Å². The van der Waals surface area contributed by atoms with Crippen LogP contribution in [0.15, 0.2) is 76.0 Å². The summed E-state index contributed by atoms with van der Waals surface area (Å²) in [6.45, 7) is 1.32. The lowest BCUT2D eigenvalue weighted by Gasteiger charge is -2.24. The Morgan fingerprint density at radius 1 is 1.03 bits per heavy atom. The van der Waals surface area contributed by atoms with E-state index in [0.29, 0.717) is 17.2 Å². The smallest absolute Gasteiger partial charge is 0.325 e. The molecule has 0 spiro atoms. The minimum absolute atomic E-state index is 0.176. The van der Waals surface area contributed by atoms with Gasteiger partial charge >= 0.3 is 6.03 Å². The van der Waals surface area contributed by atoms with E-state index in [2.05, 4.69) is 5.32 Å². The molecule has 0 radical (unpaired) electrons. The van der Waals surface area contributed by atoms with Crippen molar-refractivity contribution >= 4 is 23.5 Å². The number of hydrogen-bond acceptors (Lipinski definition) is 5. The number of urea groups is 1. The molecule has 4 rings (SSSR count). The fourth-order valence-electron chi connectivity index (χ4n) is 3.28. The summed E-state index contributed by atoms with van der Waals surface area (Å²) < 4.78 is 10.7. The second-order valence-corrected chi connectivity index (χ2v) is 6.82. The summed E-state index contributed by atoms with van der Waals surface area (Å²) >= 11 is 0. The van der Waals surface area contributed by atoms with Crippen LogP contribution < -0.4 is 10.2 Å². The first-order chi connectivity index (χ1) is 14.0. The summed E-state index contributed by atoms with van der Waals surface area (Å²) in [5.41, 5.74) is -0.714. The first-order valence-corrected chi connectivity index (χ1v) is 9.05. The third-order valence-electron chi connectivity index (χ3n) is 4.85. The Morgan fingerprint density at radius 3 is 2.41 bits per heavy atom. The van der Waals surface area contributed by atoms with Gasteiger partial charge in [-0.2, -0.15) is 0 Å². The number of nitrogens with zero attached hydrogens (tertiary/aromatic N) is 2. The molecule has 1 saturated heterocycles. The summed E-state index contributed by atoms with van der Waals surface area (Å²) in [6.07, 6.45) is 2.95. The average Bonchev–Trinajstić information content (AvgIpc) is 3.47. The third-order valence-corrected chi connectivity index (χ3v) is 4.85. The molecule has 1 fully saturated rings. The van der Waals surface area contributed by atoms with E-state index in [1.54, 1.807) is 55.5 Å². The largest absolute Gasteiger partial charge is 0.467 e. The predicted molar refractivity (Wildman–Crippen MR) is 103 cm³/mol. The van der Waals surface area contributed by atoms with Gasteiger partial charge in [-0.25, -0.2) is 4.79 Å². The quantitative estimate of drug-likeness (QED) is 0.650. The summed E-state index contributed by atoms with van der Waals surface area (Å²) in [4.78, 5) is 40.9. The highest BCUT2D eigenvalue weighted by molar-refractivity contribution is 6.10. The Bertz CT molecular complexity index is 1010. The second-order valence-electron chi connectivity index (χ2n) is 6.82. The normalized spacial score (nSPS) is 18.7. The van der Waals surface area contributed by atoms with Crippen molar-refractivity contribution in [2.75, 3.05) is 11.4 Å². The number of benzene rings is 1. The van der Waals surface area contributed by atoms with Crippen molar-refractivity contribution in [3.8, 4) is 0 Å². The van der Waals surface area contributed by atoms with Crippen molar-refractivity contribution in [3.05, 3.63) is 78.6 Å². The molecule has 3 aromatic rings. The van der Waals surface area contributed by atoms with Crippen LogP contribution in [0.2, 0.25) is 0 Å². The molecule has 1 aliphatic heterocycles. The Labute approximate surface area is 166 Å². The van der Waals surface area contributed by atoms with Crippen molar-refractivity contribution in [1.29, 1.82) is 0 Å². The van der Waals surface area contributed by atoms with Crippen molar-refractivity contribution < 1.29 is 23.2 Å². The molecule has 0 saturated carbocycles. The van der Waals surface area contributed by atoms with Crippen LogP contribution in [0.25, 0.3) is 0 Å². The lowest BCUT2D eigenvalue weighted by molar-refractivity contribution is -0.134. The topological polar surface area (TPSA) is 96.0 Å². The maximum atomic E-state index is 13.1. The summed E-state index contributed by atoms with van der Waals surface area (Å²) in [5.74, 6) is -0.0715. The molecule has 0 bridgehead atoms. The van der Waals surface area contributed by atoms with E-state index in [-0.39, 0.29) is 6.54 Å². The van der Waals surface area contributed by atoms with Gasteiger partial charge in [-0.15, -0.1) is 0 Å². The van der Waals surface area contributed by atoms with Crippen LogP contribution in [0.4, 0.5) is 10.5 Å². The Morgan fingerprint density at radius 2 is 1.76 bits per heavy atom. The molecule has 2 aromatic heterocycles. The van der Waals surface area contributed by atoms with Gasteiger partial charge in [-0.3, -0.25) is 14.5 Å². The number of rotatable bonds is 6. The van der Waals surface area contributed by atoms with Crippen LogP contribution in [0.3, 0.4) is 0 Å². The lowest BCUT2D eigenvalue weighted by Crippen LogP contribution is -2.44. The maximum absolute atomic E-state index is 13.1. The van der Waals surface area contributed by atoms with Crippen LogP contribution >= 0.6 is 0 Å². The SMILES string of the molecule is CC1(c2ccco2)NC(=O)N(CC(=O)N(Cc2ccco2)c2ccccc2)C1=O. The van der Waals surface area contributed by atoms with Gasteiger partial charge in [0.2, 0.25) is 5.91 Å². The molecule has 148 valence electrons. The zero-order valence-corrected chi connectivity index (χ0v) is 15.7. The van der Waals surface area contributed by atoms with Crippen molar-refractivity contribution in [2.24, 2.45) is 0 Å². The predicted octanol–water partition coefficient (Wildman–Crippen LogP) is 2.87. The Hall–Kier alpha value is -3.81. The molecule has 8 nitrogen and oxygen atoms in total. The number of carbonyl (C=O) groups excluding carboxylic acids is 3. The van der Waals surface area contributed by atoms with Crippen LogP contribution in [0.1, 0.15) is 18.4 Å². The van der Waals surface area contributed by atoms with E-state index in [1.807, 2.05) is 6.07 Å². The zero-order chi connectivity index (χ0) is 20.4. The fourth-order valence-corrected chi connectivity index (χ4v) is 3.28.